The minimum absolute atomic E-state index is 0. The Morgan fingerprint density at radius 1 is 0.327 bits per heavy atom. The quantitative estimate of drug-likeness (QED) is 0.0250. The van der Waals surface area contributed by atoms with Crippen molar-refractivity contribution in [2.75, 3.05) is 26.4 Å². The second-order valence-corrected chi connectivity index (χ2v) is 33.4. The standard InChI is InChI=1S/2C18H36O2.C18H34O.2C16H35O4P.O.2Ti/c2*1-17(2)15-13-11-9-7-5-3-4-6-8-10-12-14-16-18(19)20;1-18(2)16-14-12-10-8-6-4-3-5-7-9-11-13-15-17-19;2*1-3-5-7-9-11-13-15-19-21(17,18)20-16-14-12-10-8-6-4-2;;;/h2*17H,3-16H2,1-2H3,(H,19,20);6,18H,3-5,7-16H2,1-2H3;2*3-16H2,1-2H3,(H,17,18);;;/q;;-2;;;;+1;+3/p-2. The van der Waals surface area contributed by atoms with Gasteiger partial charge < -0.3 is 49.3 Å². The molecule has 2 N–H and O–H groups in total. The Morgan fingerprint density at radius 2 is 0.510 bits per heavy atom. The summed E-state index contributed by atoms with van der Waals surface area (Å²) in [6.45, 7) is 23.6. The first-order valence-electron chi connectivity index (χ1n) is 43.8. The van der Waals surface area contributed by atoms with Gasteiger partial charge in [0.1, 0.15) is 0 Å². The maximum atomic E-state index is 11.5. The molecule has 0 atom stereocenters. The van der Waals surface area contributed by atoms with Crippen LogP contribution in [0.15, 0.2) is 0 Å². The number of carbonyl (C=O) groups is 2. The van der Waals surface area contributed by atoms with Gasteiger partial charge in [-0.05, 0) is 56.3 Å². The van der Waals surface area contributed by atoms with Gasteiger partial charge in [-0.25, -0.2) is 0 Å². The van der Waals surface area contributed by atoms with Gasteiger partial charge in [0.05, 0.1) is 26.4 Å². The summed E-state index contributed by atoms with van der Waals surface area (Å²) < 4.78 is 50.7. The maximum absolute atomic E-state index is 11.5. The summed E-state index contributed by atoms with van der Waals surface area (Å²) in [5.41, 5.74) is 0. The zero-order chi connectivity index (χ0) is 77.9. The van der Waals surface area contributed by atoms with Gasteiger partial charge in [0, 0.05) is 12.8 Å². The molecule has 0 unspecified atom stereocenters. The molecule has 0 aromatic rings. The van der Waals surface area contributed by atoms with Gasteiger partial charge in [-0.1, -0.05) is 416 Å². The second kappa shape index (κ2) is 103. The van der Waals surface area contributed by atoms with Gasteiger partial charge in [0.25, 0.3) is 15.6 Å². The molecule has 0 bridgehead atoms. The van der Waals surface area contributed by atoms with Crippen molar-refractivity contribution in [3.63, 3.8) is 0 Å². The number of carbonyl (C=O) groups excluding carboxylic acids is 1. The van der Waals surface area contributed by atoms with Crippen molar-refractivity contribution < 1.29 is 107 Å². The topological polar surface area (TPSA) is 226 Å². The van der Waals surface area contributed by atoms with Crippen LogP contribution in [-0.4, -0.2) is 54.9 Å². The van der Waals surface area contributed by atoms with Gasteiger partial charge in [-0.15, -0.1) is 0 Å². The third-order valence-corrected chi connectivity index (χ3v) is 20.5. The minimum Gasteiger partial charge on any atom is 3.00 e. The van der Waals surface area contributed by atoms with Crippen LogP contribution < -0.4 is 9.79 Å². The molecule has 0 heterocycles. The predicted molar refractivity (Wildman–Crippen MR) is 432 cm³/mol. The molecule has 0 aliphatic rings. The summed E-state index contributed by atoms with van der Waals surface area (Å²) in [5, 5.41) is 17.0. The molecule has 0 aromatic heterocycles. The Morgan fingerprint density at radius 3 is 0.721 bits per heavy atom. The predicted octanol–water partition coefficient (Wildman–Crippen LogP) is 28.7. The van der Waals surface area contributed by atoms with Gasteiger partial charge in [-0.3, -0.25) is 25.0 Å². The average Bonchev–Trinajstić information content (AvgIpc) is 1.03. The first kappa shape index (κ1) is 117. The number of rotatable bonds is 77. The van der Waals surface area contributed by atoms with E-state index in [1.165, 1.54) is 289 Å². The summed E-state index contributed by atoms with van der Waals surface area (Å²) in [4.78, 5) is 53.6. The normalized spacial score (nSPS) is 11.2. The number of aliphatic carboxylic acids is 2. The van der Waals surface area contributed by atoms with Crippen LogP contribution in [0.5, 0.6) is 0 Å². The van der Waals surface area contributed by atoms with Crippen LogP contribution in [0.2, 0.25) is 0 Å². The van der Waals surface area contributed by atoms with E-state index < -0.39 is 27.6 Å². The Balaban J connectivity index is -0.000000224. The smallest absolute Gasteiger partial charge is 3.00 e. The molecule has 620 valence electrons. The number of hydrogen-bond acceptors (Lipinski definition) is 12. The van der Waals surface area contributed by atoms with E-state index in [0.717, 1.165) is 147 Å². The number of carboxylic acid groups (broad SMARTS) is 2. The largest absolute Gasteiger partial charge is 3.00 e. The Bertz CT molecular complexity index is 1560. The van der Waals surface area contributed by atoms with E-state index in [-0.39, 0.29) is 48.1 Å². The number of phosphoric ester groups is 2. The van der Waals surface area contributed by atoms with Gasteiger partial charge >= 0.3 is 57.4 Å². The van der Waals surface area contributed by atoms with E-state index in [0.29, 0.717) is 19.3 Å². The molecule has 0 saturated carbocycles. The SMILES string of the molecule is CC(C)CCCCCCCCCCCCCCC(=O)O.CC(C)CCCCCCCCCCCCCCC(=O)O.CC(C)CCCCC[CH-]CCCCCCCC[C-]=O.CCCCCCCCOP(=O)([O-])OCCCCCCCC.CCCCCCCCOP(=O)([O-])OCCCCCCCC.[O]=[Ti+].[Ti+3]. The van der Waals surface area contributed by atoms with Crippen molar-refractivity contribution in [2.45, 2.75) is 487 Å². The van der Waals surface area contributed by atoms with E-state index in [1.54, 1.807) is 0 Å². The van der Waals surface area contributed by atoms with Crippen molar-refractivity contribution in [3.8, 4) is 0 Å². The van der Waals surface area contributed by atoms with Crippen molar-refractivity contribution in [3.05, 3.63) is 6.42 Å². The van der Waals surface area contributed by atoms with Crippen LogP contribution in [0, 0.1) is 24.2 Å². The van der Waals surface area contributed by atoms with Crippen LogP contribution in [0.25, 0.3) is 0 Å². The fourth-order valence-corrected chi connectivity index (χ4v) is 13.4. The van der Waals surface area contributed by atoms with Crippen LogP contribution in [0.4, 0.5) is 0 Å². The van der Waals surface area contributed by atoms with E-state index >= 15 is 0 Å². The number of unbranched alkanes of at least 4 members (excludes halogenated alkanes) is 54. The first-order chi connectivity index (χ1) is 49.8. The molecule has 0 fully saturated rings. The van der Waals surface area contributed by atoms with Gasteiger partial charge in [0.15, 0.2) is 0 Å². The summed E-state index contributed by atoms with van der Waals surface area (Å²) >= 11 is 0.750. The zero-order valence-corrected chi connectivity index (χ0v) is 75.2. The van der Waals surface area contributed by atoms with Crippen molar-refractivity contribution in [1.82, 2.24) is 0 Å². The van der Waals surface area contributed by atoms with Crippen LogP contribution in [-0.2, 0) is 87.1 Å². The van der Waals surface area contributed by atoms with Crippen molar-refractivity contribution in [2.24, 2.45) is 17.8 Å². The second-order valence-electron chi connectivity index (χ2n) is 30.6. The molecule has 0 amide bonds. The Labute approximate surface area is 673 Å². The van der Waals surface area contributed by atoms with Gasteiger partial charge in [-0.2, -0.15) is 19.3 Å². The molecule has 18 heteroatoms. The molecule has 0 aliphatic heterocycles. The van der Waals surface area contributed by atoms with Crippen molar-refractivity contribution >= 4 is 33.9 Å². The van der Waals surface area contributed by atoms with Crippen molar-refractivity contribution in [1.29, 1.82) is 0 Å². The number of carboxylic acids is 2. The molecule has 14 nitrogen and oxygen atoms in total. The van der Waals surface area contributed by atoms with Crippen LogP contribution in [0.3, 0.4) is 0 Å². The maximum Gasteiger partial charge on any atom is 3.00 e. The van der Waals surface area contributed by atoms with E-state index in [9.17, 15) is 33.3 Å². The molecular formula is C86H174O14P2Ti2. The van der Waals surface area contributed by atoms with E-state index in [2.05, 4.69) is 75.7 Å². The number of hydrogen-bond donors (Lipinski definition) is 2. The van der Waals surface area contributed by atoms with Crippen LogP contribution in [0.1, 0.15) is 487 Å². The first-order valence-corrected chi connectivity index (χ1v) is 47.3. The molecule has 0 saturated heterocycles. The molecule has 0 rings (SSSR count). The molecule has 0 aliphatic carbocycles. The van der Waals surface area contributed by atoms with E-state index in [4.69, 9.17) is 31.6 Å². The summed E-state index contributed by atoms with van der Waals surface area (Å²) in [6, 6.07) is 0. The van der Waals surface area contributed by atoms with Gasteiger partial charge in [0.2, 0.25) is 0 Å². The molecule has 104 heavy (non-hydrogen) atoms. The molecule has 0 spiro atoms. The Hall–Kier alpha value is 0.0586. The summed E-state index contributed by atoms with van der Waals surface area (Å²) in [6.07, 6.45) is 82.1. The molecular weight excluding hydrogens is 1410 g/mol. The summed E-state index contributed by atoms with van der Waals surface area (Å²) in [5.74, 6) is 1.29. The zero-order valence-electron chi connectivity index (χ0n) is 70.3. The monoisotopic (exact) mass is 1590 g/mol. The Kier molecular flexibility index (Phi) is 116. The third-order valence-electron chi connectivity index (χ3n) is 18.5. The molecule has 0 aromatic carbocycles. The molecule has 1 radical (unpaired) electrons. The average molecular weight is 1590 g/mol. The van der Waals surface area contributed by atoms with Crippen LogP contribution >= 0.6 is 15.6 Å². The minimum atomic E-state index is -4.07. The number of phosphoric acid groups is 2. The fraction of sp³-hybridized carbons (Fsp3) is 0.953. The third kappa shape index (κ3) is 129. The summed E-state index contributed by atoms with van der Waals surface area (Å²) in [7, 11) is -8.13. The van der Waals surface area contributed by atoms with E-state index in [1.807, 2.05) is 6.29 Å². The fourth-order valence-electron chi connectivity index (χ4n) is 11.9.